The number of hydrogen-bond acceptors (Lipinski definition) is 6. The zero-order valence-corrected chi connectivity index (χ0v) is 14.0. The molecule has 0 saturated heterocycles. The molecule has 10 heteroatoms. The Morgan fingerprint density at radius 1 is 1.13 bits per heavy atom. The van der Waals surface area contributed by atoms with Crippen LogP contribution in [0.4, 0.5) is 0 Å². The molecule has 0 heterocycles. The summed E-state index contributed by atoms with van der Waals surface area (Å²) in [6, 6.07) is -2.93. The zero-order chi connectivity index (χ0) is 18.0. The molecule has 0 unspecified atom stereocenters. The van der Waals surface area contributed by atoms with E-state index in [4.69, 9.17) is 16.6 Å². The van der Waals surface area contributed by atoms with E-state index in [2.05, 4.69) is 10.6 Å². The Bertz CT molecular complexity index is 446. The molecule has 0 aromatic carbocycles. The lowest BCUT2D eigenvalue weighted by Gasteiger charge is -2.21. The number of carboxylic acids is 1. The molecule has 0 aromatic rings. The van der Waals surface area contributed by atoms with Crippen molar-refractivity contribution in [2.75, 3.05) is 12.0 Å². The zero-order valence-electron chi connectivity index (χ0n) is 13.2. The van der Waals surface area contributed by atoms with Crippen LogP contribution in [0.15, 0.2) is 0 Å². The van der Waals surface area contributed by atoms with Crippen LogP contribution in [0.5, 0.6) is 0 Å². The van der Waals surface area contributed by atoms with E-state index >= 15 is 0 Å². The molecule has 0 aliphatic rings. The van der Waals surface area contributed by atoms with Crippen molar-refractivity contribution < 1.29 is 24.3 Å². The quantitative estimate of drug-likeness (QED) is 0.300. The van der Waals surface area contributed by atoms with Crippen molar-refractivity contribution >= 4 is 35.5 Å². The van der Waals surface area contributed by atoms with E-state index in [9.17, 15) is 19.2 Å². The van der Waals surface area contributed by atoms with Crippen LogP contribution >= 0.6 is 11.8 Å². The van der Waals surface area contributed by atoms with Crippen molar-refractivity contribution in [1.29, 1.82) is 0 Å². The molecule has 0 bridgehead atoms. The van der Waals surface area contributed by atoms with Gasteiger partial charge < -0.3 is 27.2 Å². The third-order valence-electron chi connectivity index (χ3n) is 3.01. The smallest absolute Gasteiger partial charge is 0.325 e. The van der Waals surface area contributed by atoms with Gasteiger partial charge in [0.25, 0.3) is 0 Å². The number of nitrogens with two attached hydrogens (primary N) is 2. The summed E-state index contributed by atoms with van der Waals surface area (Å²) in [4.78, 5) is 45.5. The fourth-order valence-corrected chi connectivity index (χ4v) is 2.06. The number of hydrogen-bond donors (Lipinski definition) is 5. The largest absolute Gasteiger partial charge is 0.480 e. The van der Waals surface area contributed by atoms with Gasteiger partial charge in [0.05, 0.1) is 6.04 Å². The summed E-state index contributed by atoms with van der Waals surface area (Å²) >= 11 is 1.48. The maximum Gasteiger partial charge on any atom is 0.325 e. The predicted molar refractivity (Wildman–Crippen MR) is 86.6 cm³/mol. The van der Waals surface area contributed by atoms with Crippen LogP contribution in [0.2, 0.25) is 0 Å². The third-order valence-corrected chi connectivity index (χ3v) is 3.66. The highest BCUT2D eigenvalue weighted by Gasteiger charge is 2.25. The molecule has 0 spiro atoms. The molecule has 3 amide bonds. The molecule has 7 N–H and O–H groups in total. The van der Waals surface area contributed by atoms with E-state index in [1.54, 1.807) is 0 Å². The maximum absolute atomic E-state index is 12.1. The van der Waals surface area contributed by atoms with Crippen molar-refractivity contribution in [3.63, 3.8) is 0 Å². The molecular weight excluding hydrogens is 324 g/mol. The fraction of sp³-hybridized carbons (Fsp3) is 0.692. The van der Waals surface area contributed by atoms with Gasteiger partial charge in [0.15, 0.2) is 0 Å². The number of amides is 3. The summed E-state index contributed by atoms with van der Waals surface area (Å²) in [6.45, 7) is 1.33. The number of aliphatic carboxylic acids is 1. The van der Waals surface area contributed by atoms with Gasteiger partial charge in [0.2, 0.25) is 17.7 Å². The van der Waals surface area contributed by atoms with Gasteiger partial charge in [-0.2, -0.15) is 11.8 Å². The number of rotatable bonds is 11. The van der Waals surface area contributed by atoms with Crippen molar-refractivity contribution in [3.8, 4) is 0 Å². The Kier molecular flexibility index (Phi) is 9.99. The van der Waals surface area contributed by atoms with Crippen LogP contribution in [0.25, 0.3) is 0 Å². The van der Waals surface area contributed by atoms with E-state index in [0.29, 0.717) is 12.2 Å². The molecule has 0 aliphatic heterocycles. The summed E-state index contributed by atoms with van der Waals surface area (Å²) in [5.41, 5.74) is 10.6. The Hall–Kier alpha value is -1.81. The molecule has 0 fully saturated rings. The van der Waals surface area contributed by atoms with Gasteiger partial charge in [-0.05, 0) is 31.8 Å². The number of thioether (sulfide) groups is 1. The highest BCUT2D eigenvalue weighted by Crippen LogP contribution is 2.03. The van der Waals surface area contributed by atoms with Crippen molar-refractivity contribution in [2.45, 2.75) is 44.3 Å². The van der Waals surface area contributed by atoms with Crippen LogP contribution in [-0.4, -0.2) is 58.9 Å². The molecule has 3 atom stereocenters. The number of primary amides is 1. The van der Waals surface area contributed by atoms with E-state index in [1.807, 2.05) is 6.26 Å². The third kappa shape index (κ3) is 9.04. The van der Waals surface area contributed by atoms with Crippen LogP contribution in [0.3, 0.4) is 0 Å². The second-order valence-corrected chi connectivity index (χ2v) is 6.01. The molecule has 0 aliphatic carbocycles. The summed E-state index contributed by atoms with van der Waals surface area (Å²) in [5.74, 6) is -2.33. The maximum atomic E-state index is 12.1. The molecule has 9 nitrogen and oxygen atoms in total. The first-order valence-corrected chi connectivity index (χ1v) is 8.44. The second-order valence-electron chi connectivity index (χ2n) is 5.02. The highest BCUT2D eigenvalue weighted by molar-refractivity contribution is 7.98. The van der Waals surface area contributed by atoms with Gasteiger partial charge in [0, 0.05) is 6.42 Å². The average Bonchev–Trinajstić information content (AvgIpc) is 2.48. The van der Waals surface area contributed by atoms with Crippen molar-refractivity contribution in [3.05, 3.63) is 0 Å². The van der Waals surface area contributed by atoms with Gasteiger partial charge in [0.1, 0.15) is 12.1 Å². The Labute approximate surface area is 138 Å². The summed E-state index contributed by atoms with van der Waals surface area (Å²) in [5, 5.41) is 13.6. The lowest BCUT2D eigenvalue weighted by atomic mass is 10.1. The first kappa shape index (κ1) is 21.2. The molecule has 0 saturated carbocycles. The number of carbonyl (C=O) groups excluding carboxylic acids is 3. The number of carbonyl (C=O) groups is 4. The molecular formula is C13H24N4O5S. The Morgan fingerprint density at radius 3 is 2.22 bits per heavy atom. The van der Waals surface area contributed by atoms with Crippen molar-refractivity contribution in [2.24, 2.45) is 11.5 Å². The molecule has 0 aromatic heterocycles. The fourth-order valence-electron chi connectivity index (χ4n) is 1.59. The lowest BCUT2D eigenvalue weighted by Crippen LogP contribution is -2.54. The molecule has 0 radical (unpaired) electrons. The minimum absolute atomic E-state index is 0.0354. The van der Waals surface area contributed by atoms with Gasteiger partial charge in [-0.15, -0.1) is 0 Å². The van der Waals surface area contributed by atoms with Crippen LogP contribution in [0.1, 0.15) is 26.2 Å². The second kappa shape index (κ2) is 10.8. The van der Waals surface area contributed by atoms with Gasteiger partial charge in [-0.3, -0.25) is 19.2 Å². The normalized spacial score (nSPS) is 14.4. The van der Waals surface area contributed by atoms with Crippen LogP contribution < -0.4 is 22.1 Å². The number of carboxylic acid groups (broad SMARTS) is 1. The Morgan fingerprint density at radius 2 is 1.74 bits per heavy atom. The monoisotopic (exact) mass is 348 g/mol. The van der Waals surface area contributed by atoms with E-state index in [1.165, 1.54) is 18.7 Å². The van der Waals surface area contributed by atoms with E-state index in [0.717, 1.165) is 0 Å². The lowest BCUT2D eigenvalue weighted by molar-refractivity contribution is -0.141. The first-order valence-electron chi connectivity index (χ1n) is 7.05. The summed E-state index contributed by atoms with van der Waals surface area (Å²) in [7, 11) is 0. The summed E-state index contributed by atoms with van der Waals surface area (Å²) < 4.78 is 0. The van der Waals surface area contributed by atoms with Crippen molar-refractivity contribution in [1.82, 2.24) is 10.6 Å². The van der Waals surface area contributed by atoms with Gasteiger partial charge in [-0.25, -0.2) is 0 Å². The van der Waals surface area contributed by atoms with Crippen LogP contribution in [0, 0.1) is 0 Å². The molecule has 132 valence electrons. The average molecular weight is 348 g/mol. The Balaban J connectivity index is 4.70. The van der Waals surface area contributed by atoms with Crippen LogP contribution in [-0.2, 0) is 19.2 Å². The topological polar surface area (TPSA) is 165 Å². The minimum Gasteiger partial charge on any atom is -0.480 e. The standard InChI is InChI=1S/C13H24N4O5S/c1-7(13(21)22)16-12(20)9(5-6-23-2)17-11(19)8(14)3-4-10(15)18/h7-9H,3-6,14H2,1-2H3,(H2,15,18)(H,16,20)(H,17,19)(H,21,22)/t7-,8-,9-/m0/s1. The predicted octanol–water partition coefficient (Wildman–Crippen LogP) is -1.59. The number of nitrogens with one attached hydrogen (secondary N) is 2. The first-order chi connectivity index (χ1) is 10.7. The van der Waals surface area contributed by atoms with E-state index in [-0.39, 0.29) is 12.8 Å². The molecule has 0 rings (SSSR count). The van der Waals surface area contributed by atoms with E-state index < -0.39 is 41.8 Å². The minimum atomic E-state index is -1.17. The van der Waals surface area contributed by atoms with Gasteiger partial charge >= 0.3 is 5.97 Å². The SMILES string of the molecule is CSCC[C@H](NC(=O)[C@@H](N)CCC(N)=O)C(=O)N[C@@H](C)C(=O)O. The summed E-state index contributed by atoms with van der Waals surface area (Å²) in [6.07, 6.45) is 2.21. The molecule has 23 heavy (non-hydrogen) atoms. The highest BCUT2D eigenvalue weighted by atomic mass is 32.2. The van der Waals surface area contributed by atoms with Gasteiger partial charge in [-0.1, -0.05) is 0 Å².